The van der Waals surface area contributed by atoms with E-state index in [0.717, 1.165) is 5.56 Å². The molecule has 3 N–H and O–H groups in total. The zero-order valence-electron chi connectivity index (χ0n) is 6.21. The summed E-state index contributed by atoms with van der Waals surface area (Å²) in [4.78, 5) is 0. The van der Waals surface area contributed by atoms with Gasteiger partial charge in [0.15, 0.2) is 0 Å². The first-order valence-corrected chi connectivity index (χ1v) is 3.97. The number of fused-ring (bicyclic) bond motifs is 1. The molecule has 12 heavy (non-hydrogen) atoms. The third-order valence-electron chi connectivity index (χ3n) is 1.88. The molecule has 0 atom stereocenters. The SMILES string of the molecule is OC1(O)Cc2c(Cl)cccc2N1. The van der Waals surface area contributed by atoms with Crippen molar-refractivity contribution in [3.8, 4) is 0 Å². The fourth-order valence-corrected chi connectivity index (χ4v) is 1.60. The van der Waals surface area contributed by atoms with Crippen molar-refractivity contribution in [3.05, 3.63) is 28.8 Å². The molecule has 0 spiro atoms. The largest absolute Gasteiger partial charge is 0.349 e. The van der Waals surface area contributed by atoms with E-state index < -0.39 is 5.91 Å². The first kappa shape index (κ1) is 7.86. The van der Waals surface area contributed by atoms with Crippen molar-refractivity contribution in [2.75, 3.05) is 5.32 Å². The Kier molecular flexibility index (Phi) is 1.54. The molecule has 0 amide bonds. The van der Waals surface area contributed by atoms with Crippen LogP contribution in [0.3, 0.4) is 0 Å². The molecule has 0 bridgehead atoms. The lowest BCUT2D eigenvalue weighted by Gasteiger charge is -2.14. The number of hydrogen-bond acceptors (Lipinski definition) is 3. The maximum absolute atomic E-state index is 9.23. The molecule has 0 radical (unpaired) electrons. The van der Waals surface area contributed by atoms with E-state index in [-0.39, 0.29) is 6.42 Å². The summed E-state index contributed by atoms with van der Waals surface area (Å²) < 4.78 is 0. The Morgan fingerprint density at radius 3 is 2.83 bits per heavy atom. The third kappa shape index (κ3) is 1.16. The molecular formula is C8H8ClNO2. The fourth-order valence-electron chi connectivity index (χ4n) is 1.36. The Morgan fingerprint density at radius 2 is 2.17 bits per heavy atom. The highest BCUT2D eigenvalue weighted by molar-refractivity contribution is 6.31. The minimum absolute atomic E-state index is 0.127. The van der Waals surface area contributed by atoms with Gasteiger partial charge in [-0.25, -0.2) is 0 Å². The molecule has 1 aromatic carbocycles. The van der Waals surface area contributed by atoms with E-state index in [9.17, 15) is 10.2 Å². The monoisotopic (exact) mass is 185 g/mol. The first-order valence-electron chi connectivity index (χ1n) is 3.59. The quantitative estimate of drug-likeness (QED) is 0.528. The summed E-state index contributed by atoms with van der Waals surface area (Å²) in [6, 6.07) is 5.24. The van der Waals surface area contributed by atoms with E-state index >= 15 is 0 Å². The third-order valence-corrected chi connectivity index (χ3v) is 2.23. The van der Waals surface area contributed by atoms with Gasteiger partial charge in [-0.1, -0.05) is 17.7 Å². The smallest absolute Gasteiger partial charge is 0.248 e. The molecular weight excluding hydrogens is 178 g/mol. The summed E-state index contributed by atoms with van der Waals surface area (Å²) in [6.07, 6.45) is 0.127. The Hall–Kier alpha value is -0.770. The zero-order chi connectivity index (χ0) is 8.77. The summed E-state index contributed by atoms with van der Waals surface area (Å²) >= 11 is 5.83. The van der Waals surface area contributed by atoms with Gasteiger partial charge in [-0.15, -0.1) is 0 Å². The minimum atomic E-state index is -1.84. The molecule has 1 aromatic rings. The van der Waals surface area contributed by atoms with Gasteiger partial charge >= 0.3 is 0 Å². The molecule has 2 rings (SSSR count). The molecule has 0 saturated carbocycles. The predicted molar refractivity (Wildman–Crippen MR) is 45.9 cm³/mol. The summed E-state index contributed by atoms with van der Waals surface area (Å²) in [5, 5.41) is 21.6. The molecule has 4 heteroatoms. The number of halogens is 1. The lowest BCUT2D eigenvalue weighted by atomic mass is 10.1. The van der Waals surface area contributed by atoms with E-state index in [1.165, 1.54) is 0 Å². The molecule has 0 fully saturated rings. The van der Waals surface area contributed by atoms with Crippen molar-refractivity contribution in [1.29, 1.82) is 0 Å². The van der Waals surface area contributed by atoms with Crippen molar-refractivity contribution in [3.63, 3.8) is 0 Å². The van der Waals surface area contributed by atoms with E-state index in [1.54, 1.807) is 18.2 Å². The van der Waals surface area contributed by atoms with Gasteiger partial charge in [0.2, 0.25) is 5.91 Å². The highest BCUT2D eigenvalue weighted by atomic mass is 35.5. The second-order valence-electron chi connectivity index (χ2n) is 2.88. The van der Waals surface area contributed by atoms with E-state index in [0.29, 0.717) is 10.7 Å². The molecule has 1 heterocycles. The van der Waals surface area contributed by atoms with Crippen LogP contribution in [0.2, 0.25) is 5.02 Å². The van der Waals surface area contributed by atoms with Crippen molar-refractivity contribution < 1.29 is 10.2 Å². The Morgan fingerprint density at radius 1 is 1.42 bits per heavy atom. The zero-order valence-corrected chi connectivity index (χ0v) is 6.97. The van der Waals surface area contributed by atoms with Crippen molar-refractivity contribution in [2.24, 2.45) is 0 Å². The van der Waals surface area contributed by atoms with Crippen molar-refractivity contribution in [2.45, 2.75) is 12.3 Å². The van der Waals surface area contributed by atoms with Gasteiger partial charge in [0.05, 0.1) is 6.42 Å². The van der Waals surface area contributed by atoms with Crippen LogP contribution in [-0.2, 0) is 6.42 Å². The van der Waals surface area contributed by atoms with Crippen LogP contribution in [-0.4, -0.2) is 16.1 Å². The highest BCUT2D eigenvalue weighted by Gasteiger charge is 2.33. The van der Waals surface area contributed by atoms with Gasteiger partial charge < -0.3 is 15.5 Å². The normalized spacial score (nSPS) is 18.6. The second-order valence-corrected chi connectivity index (χ2v) is 3.29. The lowest BCUT2D eigenvalue weighted by Crippen LogP contribution is -2.34. The molecule has 1 aliphatic rings. The molecule has 0 aromatic heterocycles. The van der Waals surface area contributed by atoms with Gasteiger partial charge in [0, 0.05) is 16.3 Å². The van der Waals surface area contributed by atoms with Gasteiger partial charge in [-0.3, -0.25) is 0 Å². The van der Waals surface area contributed by atoms with E-state index in [2.05, 4.69) is 5.32 Å². The van der Waals surface area contributed by atoms with Crippen molar-refractivity contribution >= 4 is 17.3 Å². The highest BCUT2D eigenvalue weighted by Crippen LogP contribution is 2.34. The molecule has 1 aliphatic heterocycles. The average molecular weight is 186 g/mol. The minimum Gasteiger partial charge on any atom is -0.349 e. The van der Waals surface area contributed by atoms with Crippen LogP contribution in [0.25, 0.3) is 0 Å². The molecule has 0 saturated heterocycles. The fraction of sp³-hybridized carbons (Fsp3) is 0.250. The first-order chi connectivity index (χ1) is 5.58. The predicted octanol–water partition coefficient (Wildman–Crippen LogP) is 0.946. The number of hydrogen-bond donors (Lipinski definition) is 3. The molecule has 0 aliphatic carbocycles. The van der Waals surface area contributed by atoms with Gasteiger partial charge in [-0.2, -0.15) is 0 Å². The number of benzene rings is 1. The van der Waals surface area contributed by atoms with Crippen LogP contribution in [0.4, 0.5) is 5.69 Å². The lowest BCUT2D eigenvalue weighted by molar-refractivity contribution is -0.128. The molecule has 3 nitrogen and oxygen atoms in total. The van der Waals surface area contributed by atoms with Gasteiger partial charge in [0.1, 0.15) is 0 Å². The summed E-state index contributed by atoms with van der Waals surface area (Å²) in [6.45, 7) is 0. The number of aliphatic hydroxyl groups is 2. The topological polar surface area (TPSA) is 52.5 Å². The molecule has 0 unspecified atom stereocenters. The van der Waals surface area contributed by atoms with Crippen LogP contribution < -0.4 is 5.32 Å². The Bertz CT molecular complexity index is 325. The number of anilines is 1. The van der Waals surface area contributed by atoms with Crippen LogP contribution in [0.5, 0.6) is 0 Å². The van der Waals surface area contributed by atoms with Crippen LogP contribution in [0.1, 0.15) is 5.56 Å². The Balaban J connectivity index is 2.48. The van der Waals surface area contributed by atoms with Gasteiger partial charge in [0.25, 0.3) is 0 Å². The van der Waals surface area contributed by atoms with Gasteiger partial charge in [-0.05, 0) is 12.1 Å². The number of rotatable bonds is 0. The van der Waals surface area contributed by atoms with Crippen LogP contribution in [0, 0.1) is 0 Å². The van der Waals surface area contributed by atoms with Crippen LogP contribution >= 0.6 is 11.6 Å². The maximum atomic E-state index is 9.23. The van der Waals surface area contributed by atoms with E-state index in [1.807, 2.05) is 0 Å². The maximum Gasteiger partial charge on any atom is 0.248 e. The number of nitrogens with one attached hydrogen (secondary N) is 1. The van der Waals surface area contributed by atoms with E-state index in [4.69, 9.17) is 11.6 Å². The summed E-state index contributed by atoms with van der Waals surface area (Å²) in [5.74, 6) is -1.84. The summed E-state index contributed by atoms with van der Waals surface area (Å²) in [5.41, 5.74) is 1.44. The van der Waals surface area contributed by atoms with Crippen molar-refractivity contribution in [1.82, 2.24) is 0 Å². The molecule has 64 valence electrons. The Labute approximate surface area is 74.6 Å². The average Bonchev–Trinajstić information content (AvgIpc) is 2.25. The summed E-state index contributed by atoms with van der Waals surface area (Å²) in [7, 11) is 0. The second kappa shape index (κ2) is 2.36. The van der Waals surface area contributed by atoms with Crippen LogP contribution in [0.15, 0.2) is 18.2 Å². The standard InChI is InChI=1S/C8H8ClNO2/c9-6-2-1-3-7-5(6)4-8(11,12)10-7/h1-3,10-12H,4H2.